The van der Waals surface area contributed by atoms with E-state index in [4.69, 9.17) is 4.74 Å². The van der Waals surface area contributed by atoms with Crippen LogP contribution in [0.25, 0.3) is 0 Å². The second-order valence-corrected chi connectivity index (χ2v) is 10.2. The molecule has 1 aliphatic rings. The number of sulfonamides is 1. The third-order valence-electron chi connectivity index (χ3n) is 5.97. The molecule has 0 unspecified atom stereocenters. The zero-order chi connectivity index (χ0) is 25.7. The first-order valence-corrected chi connectivity index (χ1v) is 13.3. The minimum absolute atomic E-state index is 0.0542. The van der Waals surface area contributed by atoms with Crippen LogP contribution in [0.2, 0.25) is 0 Å². The van der Waals surface area contributed by atoms with E-state index >= 15 is 0 Å². The topological polar surface area (TPSA) is 105 Å². The summed E-state index contributed by atoms with van der Waals surface area (Å²) in [7, 11) is -4.02. The number of carbonyl (C=O) groups is 2. The van der Waals surface area contributed by atoms with Gasteiger partial charge in [0.05, 0.1) is 11.5 Å². The Labute approximate surface area is 211 Å². The lowest BCUT2D eigenvalue weighted by Gasteiger charge is -2.20. The van der Waals surface area contributed by atoms with Gasteiger partial charge in [-0.25, -0.2) is 8.42 Å². The molecule has 1 atom stereocenters. The highest BCUT2D eigenvalue weighted by Gasteiger charge is 2.29. The van der Waals surface area contributed by atoms with Gasteiger partial charge in [0.25, 0.3) is 0 Å². The summed E-state index contributed by atoms with van der Waals surface area (Å²) in [6, 6.07) is 19.8. The van der Waals surface area contributed by atoms with E-state index in [1.807, 2.05) is 37.3 Å². The second-order valence-electron chi connectivity index (χ2n) is 8.52. The zero-order valence-electron chi connectivity index (χ0n) is 20.2. The van der Waals surface area contributed by atoms with Crippen molar-refractivity contribution >= 4 is 33.2 Å². The van der Waals surface area contributed by atoms with E-state index in [2.05, 4.69) is 10.0 Å². The number of ether oxygens (including phenoxy) is 1. The molecule has 0 saturated carbocycles. The third-order valence-corrected chi connectivity index (χ3v) is 7.44. The van der Waals surface area contributed by atoms with Crippen molar-refractivity contribution in [3.63, 3.8) is 0 Å². The predicted molar refractivity (Wildman–Crippen MR) is 139 cm³/mol. The quantitative estimate of drug-likeness (QED) is 0.461. The lowest BCUT2D eigenvalue weighted by Crippen LogP contribution is -2.45. The molecular formula is C27H29N3O5S. The highest BCUT2D eigenvalue weighted by molar-refractivity contribution is 7.89. The average molecular weight is 508 g/mol. The van der Waals surface area contributed by atoms with Crippen LogP contribution in [0, 0.1) is 0 Å². The lowest BCUT2D eigenvalue weighted by molar-refractivity contribution is -0.118. The van der Waals surface area contributed by atoms with Crippen molar-refractivity contribution in [2.45, 2.75) is 37.6 Å². The van der Waals surface area contributed by atoms with Crippen LogP contribution in [0.4, 0.5) is 11.4 Å². The number of nitrogens with zero attached hydrogens (tertiary/aromatic N) is 1. The third kappa shape index (κ3) is 5.92. The van der Waals surface area contributed by atoms with Crippen LogP contribution in [0.1, 0.15) is 25.0 Å². The summed E-state index contributed by atoms with van der Waals surface area (Å²) in [6.07, 6.45) is 0.746. The zero-order valence-corrected chi connectivity index (χ0v) is 21.0. The van der Waals surface area contributed by atoms with Crippen LogP contribution in [0.3, 0.4) is 0 Å². The minimum Gasteiger partial charge on any atom is -0.494 e. The minimum atomic E-state index is -4.02. The molecular weight excluding hydrogens is 478 g/mol. The highest BCUT2D eigenvalue weighted by atomic mass is 32.2. The van der Waals surface area contributed by atoms with Gasteiger partial charge in [0.1, 0.15) is 11.8 Å². The fraction of sp³-hybridized carbons (Fsp3) is 0.259. The molecule has 188 valence electrons. The SMILES string of the molecule is CCOc1ccc(NC(=O)[C@H](Cc2ccccc2)NS(=O)(=O)c2ccc3c(c2)CCN3C(C)=O)cc1. The van der Waals surface area contributed by atoms with Crippen molar-refractivity contribution in [3.05, 3.63) is 83.9 Å². The molecule has 1 heterocycles. The van der Waals surface area contributed by atoms with Gasteiger partial charge < -0.3 is 15.0 Å². The summed E-state index contributed by atoms with van der Waals surface area (Å²) < 4.78 is 34.7. The molecule has 3 aromatic carbocycles. The Morgan fingerprint density at radius 1 is 1.03 bits per heavy atom. The normalized spacial score (nSPS) is 13.7. The van der Waals surface area contributed by atoms with E-state index < -0.39 is 22.0 Å². The molecule has 0 bridgehead atoms. The number of nitrogens with one attached hydrogen (secondary N) is 2. The number of fused-ring (bicyclic) bond motifs is 1. The second kappa shape index (κ2) is 10.9. The lowest BCUT2D eigenvalue weighted by atomic mass is 10.1. The van der Waals surface area contributed by atoms with Gasteiger partial charge in [-0.15, -0.1) is 0 Å². The Balaban J connectivity index is 1.56. The molecule has 36 heavy (non-hydrogen) atoms. The van der Waals surface area contributed by atoms with Crippen LogP contribution in [-0.2, 0) is 32.5 Å². The Hall–Kier alpha value is -3.69. The standard InChI is InChI=1S/C27H29N3O5S/c1-3-35-23-11-9-22(10-12-23)28-27(32)25(17-20-7-5-4-6-8-20)29-36(33,34)24-13-14-26-21(18-24)15-16-30(26)19(2)31/h4-14,18,25,29H,3,15-17H2,1-2H3,(H,28,32)/t25-/m0/s1. The largest absolute Gasteiger partial charge is 0.494 e. The highest BCUT2D eigenvalue weighted by Crippen LogP contribution is 2.30. The molecule has 3 aromatic rings. The number of benzene rings is 3. The van der Waals surface area contributed by atoms with Crippen molar-refractivity contribution in [2.75, 3.05) is 23.4 Å². The van der Waals surface area contributed by atoms with Crippen molar-refractivity contribution in [1.82, 2.24) is 4.72 Å². The fourth-order valence-electron chi connectivity index (χ4n) is 4.20. The molecule has 9 heteroatoms. The van der Waals surface area contributed by atoms with E-state index in [0.29, 0.717) is 31.0 Å². The summed E-state index contributed by atoms with van der Waals surface area (Å²) in [5.74, 6) is 0.115. The molecule has 8 nitrogen and oxygen atoms in total. The molecule has 2 amide bonds. The molecule has 1 aliphatic heterocycles. The first kappa shape index (κ1) is 25.4. The average Bonchev–Trinajstić information content (AvgIpc) is 3.29. The van der Waals surface area contributed by atoms with Crippen molar-refractivity contribution in [2.24, 2.45) is 0 Å². The molecule has 0 saturated heterocycles. The maximum Gasteiger partial charge on any atom is 0.242 e. The Bertz CT molecular complexity index is 1340. The van der Waals surface area contributed by atoms with Gasteiger partial charge >= 0.3 is 0 Å². The first-order chi connectivity index (χ1) is 17.3. The maximum atomic E-state index is 13.3. The summed E-state index contributed by atoms with van der Waals surface area (Å²) in [5, 5.41) is 2.80. The van der Waals surface area contributed by atoms with Gasteiger partial charge in [0.15, 0.2) is 0 Å². The van der Waals surface area contributed by atoms with E-state index in [1.165, 1.54) is 13.0 Å². The van der Waals surface area contributed by atoms with Gasteiger partial charge in [-0.3, -0.25) is 9.59 Å². The Morgan fingerprint density at radius 2 is 1.75 bits per heavy atom. The van der Waals surface area contributed by atoms with E-state index in [1.54, 1.807) is 41.3 Å². The van der Waals surface area contributed by atoms with Gasteiger partial charge in [-0.1, -0.05) is 30.3 Å². The molecule has 0 aromatic heterocycles. The van der Waals surface area contributed by atoms with Gasteiger partial charge in [-0.2, -0.15) is 4.72 Å². The number of carbonyl (C=O) groups excluding carboxylic acids is 2. The monoisotopic (exact) mass is 507 g/mol. The molecule has 0 spiro atoms. The van der Waals surface area contributed by atoms with Gasteiger partial charge in [0.2, 0.25) is 21.8 Å². The molecule has 0 aliphatic carbocycles. The van der Waals surface area contributed by atoms with Crippen LogP contribution in [-0.4, -0.2) is 39.4 Å². The van der Waals surface area contributed by atoms with Crippen LogP contribution in [0.5, 0.6) is 5.75 Å². The van der Waals surface area contributed by atoms with Crippen LogP contribution in [0.15, 0.2) is 77.7 Å². The van der Waals surface area contributed by atoms with Gasteiger partial charge in [-0.05, 0) is 73.4 Å². The van der Waals surface area contributed by atoms with Crippen molar-refractivity contribution in [3.8, 4) is 5.75 Å². The smallest absolute Gasteiger partial charge is 0.242 e. The van der Waals surface area contributed by atoms with E-state index in [-0.39, 0.29) is 17.2 Å². The van der Waals surface area contributed by atoms with Gasteiger partial charge in [0, 0.05) is 24.8 Å². The van der Waals surface area contributed by atoms with E-state index in [9.17, 15) is 18.0 Å². The maximum absolute atomic E-state index is 13.3. The fourth-order valence-corrected chi connectivity index (χ4v) is 5.44. The molecule has 4 rings (SSSR count). The number of hydrogen-bond acceptors (Lipinski definition) is 5. The summed E-state index contributed by atoms with van der Waals surface area (Å²) in [6.45, 7) is 4.42. The summed E-state index contributed by atoms with van der Waals surface area (Å²) in [5.41, 5.74) is 2.85. The van der Waals surface area contributed by atoms with E-state index in [0.717, 1.165) is 16.8 Å². The molecule has 2 N–H and O–H groups in total. The van der Waals surface area contributed by atoms with Crippen molar-refractivity contribution in [1.29, 1.82) is 0 Å². The molecule has 0 radical (unpaired) electrons. The number of amides is 2. The van der Waals surface area contributed by atoms with Crippen LogP contribution >= 0.6 is 0 Å². The summed E-state index contributed by atoms with van der Waals surface area (Å²) in [4.78, 5) is 26.7. The van der Waals surface area contributed by atoms with Crippen molar-refractivity contribution < 1.29 is 22.7 Å². The summed E-state index contributed by atoms with van der Waals surface area (Å²) >= 11 is 0. The Kier molecular flexibility index (Phi) is 7.71. The number of anilines is 2. The van der Waals surface area contributed by atoms with Crippen LogP contribution < -0.4 is 19.7 Å². The number of rotatable bonds is 9. The molecule has 0 fully saturated rings. The Morgan fingerprint density at radius 3 is 2.42 bits per heavy atom. The first-order valence-electron chi connectivity index (χ1n) is 11.8. The number of hydrogen-bond donors (Lipinski definition) is 2. The predicted octanol–water partition coefficient (Wildman–Crippen LogP) is 3.52.